The standard InChI is InChI=1S/C14H28N2O2/c1-7-12(17)15-10(2)8-9-11(3)16-13(18)14(4,5)6/h10-11H,7-9H2,1-6H3,(H,15,17)(H,16,18). The predicted molar refractivity (Wildman–Crippen MR) is 74.2 cm³/mol. The molecule has 0 aromatic rings. The van der Waals surface area contributed by atoms with Gasteiger partial charge in [-0.2, -0.15) is 0 Å². The van der Waals surface area contributed by atoms with Crippen LogP contribution in [0.4, 0.5) is 0 Å². The zero-order chi connectivity index (χ0) is 14.3. The molecule has 0 aliphatic carbocycles. The minimum absolute atomic E-state index is 0.0697. The van der Waals surface area contributed by atoms with E-state index in [9.17, 15) is 9.59 Å². The summed E-state index contributed by atoms with van der Waals surface area (Å²) in [7, 11) is 0. The second-order valence-electron chi connectivity index (χ2n) is 6.02. The van der Waals surface area contributed by atoms with Gasteiger partial charge in [0.15, 0.2) is 0 Å². The Balaban J connectivity index is 3.93. The number of hydrogen-bond donors (Lipinski definition) is 2. The summed E-state index contributed by atoms with van der Waals surface area (Å²) < 4.78 is 0. The van der Waals surface area contributed by atoms with Gasteiger partial charge < -0.3 is 10.6 Å². The lowest BCUT2D eigenvalue weighted by Gasteiger charge is -2.23. The third-order valence-electron chi connectivity index (χ3n) is 2.82. The largest absolute Gasteiger partial charge is 0.354 e. The van der Waals surface area contributed by atoms with Crippen LogP contribution in [0, 0.1) is 5.41 Å². The van der Waals surface area contributed by atoms with Crippen LogP contribution in [-0.2, 0) is 9.59 Å². The summed E-state index contributed by atoms with van der Waals surface area (Å²) in [6, 6.07) is 0.296. The second-order valence-corrected chi connectivity index (χ2v) is 6.02. The van der Waals surface area contributed by atoms with Crippen LogP contribution in [0.5, 0.6) is 0 Å². The summed E-state index contributed by atoms with van der Waals surface area (Å²) in [5, 5.41) is 5.91. The molecule has 0 heterocycles. The molecule has 2 atom stereocenters. The Kier molecular flexibility index (Phi) is 6.96. The molecule has 0 bridgehead atoms. The fraction of sp³-hybridized carbons (Fsp3) is 0.857. The van der Waals surface area contributed by atoms with Crippen molar-refractivity contribution in [1.29, 1.82) is 0 Å². The van der Waals surface area contributed by atoms with E-state index in [4.69, 9.17) is 0 Å². The molecule has 0 aliphatic rings. The molecule has 4 nitrogen and oxygen atoms in total. The lowest BCUT2D eigenvalue weighted by atomic mass is 9.95. The zero-order valence-electron chi connectivity index (χ0n) is 12.6. The van der Waals surface area contributed by atoms with Gasteiger partial charge in [0.05, 0.1) is 0 Å². The molecule has 0 saturated carbocycles. The normalized spacial score (nSPS) is 14.8. The van der Waals surface area contributed by atoms with E-state index in [0.717, 1.165) is 12.8 Å². The van der Waals surface area contributed by atoms with Gasteiger partial charge >= 0.3 is 0 Å². The van der Waals surface area contributed by atoms with E-state index in [0.29, 0.717) is 6.42 Å². The Hall–Kier alpha value is -1.06. The molecule has 4 heteroatoms. The molecule has 0 spiro atoms. The maximum absolute atomic E-state index is 11.8. The summed E-state index contributed by atoms with van der Waals surface area (Å²) in [4.78, 5) is 23.0. The van der Waals surface area contributed by atoms with Crippen LogP contribution in [0.25, 0.3) is 0 Å². The summed E-state index contributed by atoms with van der Waals surface area (Å²) >= 11 is 0. The van der Waals surface area contributed by atoms with Crippen molar-refractivity contribution in [2.45, 2.75) is 72.9 Å². The van der Waals surface area contributed by atoms with E-state index in [2.05, 4.69) is 10.6 Å². The number of rotatable bonds is 6. The van der Waals surface area contributed by atoms with Crippen molar-refractivity contribution < 1.29 is 9.59 Å². The Morgan fingerprint density at radius 1 is 1.00 bits per heavy atom. The fourth-order valence-electron chi connectivity index (χ4n) is 1.46. The monoisotopic (exact) mass is 256 g/mol. The first-order valence-electron chi connectivity index (χ1n) is 6.77. The van der Waals surface area contributed by atoms with Crippen LogP contribution in [0.2, 0.25) is 0 Å². The molecule has 0 rings (SSSR count). The number of carbonyl (C=O) groups excluding carboxylic acids is 2. The highest BCUT2D eigenvalue weighted by Crippen LogP contribution is 2.13. The van der Waals surface area contributed by atoms with Crippen molar-refractivity contribution in [1.82, 2.24) is 10.6 Å². The first-order chi connectivity index (χ1) is 8.16. The van der Waals surface area contributed by atoms with E-state index in [1.165, 1.54) is 0 Å². The fourth-order valence-corrected chi connectivity index (χ4v) is 1.46. The molecule has 106 valence electrons. The van der Waals surface area contributed by atoms with E-state index < -0.39 is 0 Å². The first kappa shape index (κ1) is 16.9. The second kappa shape index (κ2) is 7.39. The highest BCUT2D eigenvalue weighted by Gasteiger charge is 2.22. The molecule has 0 aromatic heterocycles. The molecule has 2 amide bonds. The minimum Gasteiger partial charge on any atom is -0.354 e. The lowest BCUT2D eigenvalue weighted by Crippen LogP contribution is -2.41. The van der Waals surface area contributed by atoms with Gasteiger partial charge in [-0.1, -0.05) is 27.7 Å². The van der Waals surface area contributed by atoms with Crippen molar-refractivity contribution in [3.05, 3.63) is 0 Å². The third kappa shape index (κ3) is 7.30. The predicted octanol–water partition coefficient (Wildman–Crippen LogP) is 2.23. The lowest BCUT2D eigenvalue weighted by molar-refractivity contribution is -0.129. The summed E-state index contributed by atoms with van der Waals surface area (Å²) in [5.74, 6) is 0.147. The quantitative estimate of drug-likeness (QED) is 0.765. The zero-order valence-corrected chi connectivity index (χ0v) is 12.6. The van der Waals surface area contributed by atoms with Crippen molar-refractivity contribution in [3.63, 3.8) is 0 Å². The van der Waals surface area contributed by atoms with Crippen LogP contribution >= 0.6 is 0 Å². The maximum Gasteiger partial charge on any atom is 0.225 e. The number of carbonyl (C=O) groups is 2. The highest BCUT2D eigenvalue weighted by atomic mass is 16.2. The van der Waals surface area contributed by atoms with E-state index in [1.54, 1.807) is 0 Å². The van der Waals surface area contributed by atoms with Gasteiger partial charge in [-0.25, -0.2) is 0 Å². The molecule has 2 unspecified atom stereocenters. The van der Waals surface area contributed by atoms with Crippen LogP contribution in [-0.4, -0.2) is 23.9 Å². The first-order valence-corrected chi connectivity index (χ1v) is 6.77. The number of nitrogens with one attached hydrogen (secondary N) is 2. The van der Waals surface area contributed by atoms with Crippen molar-refractivity contribution in [3.8, 4) is 0 Å². The summed E-state index contributed by atoms with van der Waals surface area (Å²) in [5.41, 5.74) is -0.351. The molecule has 0 fully saturated rings. The Labute approximate surface area is 111 Å². The Morgan fingerprint density at radius 2 is 1.44 bits per heavy atom. The van der Waals surface area contributed by atoms with Crippen LogP contribution in [0.15, 0.2) is 0 Å². The molecular weight excluding hydrogens is 228 g/mol. The molecule has 0 aliphatic heterocycles. The summed E-state index contributed by atoms with van der Waals surface area (Å²) in [6.45, 7) is 11.5. The van der Waals surface area contributed by atoms with Crippen molar-refractivity contribution in [2.24, 2.45) is 5.41 Å². The molecular formula is C14H28N2O2. The van der Waals surface area contributed by atoms with Crippen LogP contribution in [0.3, 0.4) is 0 Å². The average molecular weight is 256 g/mol. The summed E-state index contributed by atoms with van der Waals surface area (Å²) in [6.07, 6.45) is 2.25. The van der Waals surface area contributed by atoms with Crippen molar-refractivity contribution >= 4 is 11.8 Å². The molecule has 0 aromatic carbocycles. The minimum atomic E-state index is -0.351. The SMILES string of the molecule is CCC(=O)NC(C)CCC(C)NC(=O)C(C)(C)C. The van der Waals surface area contributed by atoms with E-state index in [1.807, 2.05) is 41.5 Å². The molecule has 0 saturated heterocycles. The third-order valence-corrected chi connectivity index (χ3v) is 2.82. The molecule has 0 radical (unpaired) electrons. The van der Waals surface area contributed by atoms with Gasteiger partial charge in [0.1, 0.15) is 0 Å². The number of hydrogen-bond acceptors (Lipinski definition) is 2. The van der Waals surface area contributed by atoms with Gasteiger partial charge in [-0.3, -0.25) is 9.59 Å². The molecule has 18 heavy (non-hydrogen) atoms. The van der Waals surface area contributed by atoms with Crippen molar-refractivity contribution in [2.75, 3.05) is 0 Å². The van der Waals surface area contributed by atoms with Gasteiger partial charge in [0, 0.05) is 23.9 Å². The van der Waals surface area contributed by atoms with Gasteiger partial charge in [-0.05, 0) is 26.7 Å². The number of amides is 2. The average Bonchev–Trinajstić information content (AvgIpc) is 2.24. The van der Waals surface area contributed by atoms with Gasteiger partial charge in [0.2, 0.25) is 11.8 Å². The molecule has 2 N–H and O–H groups in total. The highest BCUT2D eigenvalue weighted by molar-refractivity contribution is 5.81. The van der Waals surface area contributed by atoms with E-state index in [-0.39, 0.29) is 29.3 Å². The Morgan fingerprint density at radius 3 is 1.83 bits per heavy atom. The maximum atomic E-state index is 11.8. The van der Waals surface area contributed by atoms with Crippen LogP contribution < -0.4 is 10.6 Å². The topological polar surface area (TPSA) is 58.2 Å². The van der Waals surface area contributed by atoms with Gasteiger partial charge in [0.25, 0.3) is 0 Å². The Bertz CT molecular complexity index is 282. The van der Waals surface area contributed by atoms with E-state index >= 15 is 0 Å². The van der Waals surface area contributed by atoms with Gasteiger partial charge in [-0.15, -0.1) is 0 Å². The van der Waals surface area contributed by atoms with Crippen LogP contribution in [0.1, 0.15) is 60.8 Å². The smallest absolute Gasteiger partial charge is 0.225 e.